The van der Waals surface area contributed by atoms with Gasteiger partial charge in [-0.25, -0.2) is 0 Å². The molecule has 154 valence electrons. The second-order valence-electron chi connectivity index (χ2n) is 6.58. The molecule has 2 rings (SSSR count). The molecule has 0 spiro atoms. The lowest BCUT2D eigenvalue weighted by Gasteiger charge is -2.18. The summed E-state index contributed by atoms with van der Waals surface area (Å²) in [6, 6.07) is 11.5. The highest BCUT2D eigenvalue weighted by molar-refractivity contribution is 6.32. The third-order valence-electron chi connectivity index (χ3n) is 4.61. The molecular formula is C22H30Cl2N2O2. The van der Waals surface area contributed by atoms with E-state index >= 15 is 0 Å². The van der Waals surface area contributed by atoms with Crippen LogP contribution in [0.3, 0.4) is 0 Å². The minimum absolute atomic E-state index is 0.375. The molecule has 1 N–H and O–H groups in total. The van der Waals surface area contributed by atoms with E-state index in [1.807, 2.05) is 36.4 Å². The van der Waals surface area contributed by atoms with E-state index < -0.39 is 0 Å². The predicted molar refractivity (Wildman–Crippen MR) is 118 cm³/mol. The Morgan fingerprint density at radius 1 is 1.04 bits per heavy atom. The van der Waals surface area contributed by atoms with Gasteiger partial charge < -0.3 is 19.7 Å². The zero-order chi connectivity index (χ0) is 20.4. The summed E-state index contributed by atoms with van der Waals surface area (Å²) in [5.41, 5.74) is 2.05. The second-order valence-corrected chi connectivity index (χ2v) is 7.43. The summed E-state index contributed by atoms with van der Waals surface area (Å²) in [5, 5.41) is 4.70. The minimum atomic E-state index is 0.375. The van der Waals surface area contributed by atoms with E-state index in [0.717, 1.165) is 50.3 Å². The molecule has 0 aromatic heterocycles. The van der Waals surface area contributed by atoms with Crippen LogP contribution >= 0.6 is 23.2 Å². The fourth-order valence-electron chi connectivity index (χ4n) is 3.00. The van der Waals surface area contributed by atoms with Gasteiger partial charge in [0.15, 0.2) is 11.5 Å². The van der Waals surface area contributed by atoms with Crippen LogP contribution in [0.15, 0.2) is 36.4 Å². The molecule has 28 heavy (non-hydrogen) atoms. The van der Waals surface area contributed by atoms with Crippen LogP contribution < -0.4 is 14.8 Å². The summed E-state index contributed by atoms with van der Waals surface area (Å²) in [6.07, 6.45) is 1.12. The van der Waals surface area contributed by atoms with Crippen molar-refractivity contribution < 1.29 is 9.47 Å². The van der Waals surface area contributed by atoms with Crippen molar-refractivity contribution in [2.75, 3.05) is 33.3 Å². The van der Waals surface area contributed by atoms with Gasteiger partial charge in [0.25, 0.3) is 0 Å². The number of ether oxygens (including phenoxy) is 2. The number of nitrogens with one attached hydrogen (secondary N) is 1. The molecule has 0 radical (unpaired) electrons. The molecule has 0 aliphatic carbocycles. The van der Waals surface area contributed by atoms with Crippen LogP contribution in [0, 0.1) is 0 Å². The maximum atomic E-state index is 6.46. The van der Waals surface area contributed by atoms with Gasteiger partial charge in [0.2, 0.25) is 0 Å². The first-order chi connectivity index (χ1) is 13.6. The topological polar surface area (TPSA) is 33.7 Å². The van der Waals surface area contributed by atoms with Crippen molar-refractivity contribution in [3.63, 3.8) is 0 Å². The number of nitrogens with zero attached hydrogens (tertiary/aromatic N) is 1. The predicted octanol–water partition coefficient (Wildman–Crippen LogP) is 5.40. The monoisotopic (exact) mass is 424 g/mol. The number of hydrogen-bond acceptors (Lipinski definition) is 4. The summed E-state index contributed by atoms with van der Waals surface area (Å²) in [7, 11) is 1.62. The molecule has 0 aliphatic heterocycles. The summed E-state index contributed by atoms with van der Waals surface area (Å²) < 4.78 is 11.4. The van der Waals surface area contributed by atoms with Crippen LogP contribution in [0.2, 0.25) is 10.0 Å². The van der Waals surface area contributed by atoms with Crippen LogP contribution in [0.4, 0.5) is 0 Å². The molecule has 0 aliphatic rings. The highest BCUT2D eigenvalue weighted by Crippen LogP contribution is 2.37. The SMILES string of the molecule is CCN(CC)CCCNCc1cc(Cl)c(OCc2cccc(Cl)c2)c(OC)c1. The first kappa shape index (κ1) is 22.8. The van der Waals surface area contributed by atoms with Gasteiger partial charge in [-0.3, -0.25) is 0 Å². The Balaban J connectivity index is 1.91. The Kier molecular flexibility index (Phi) is 9.93. The summed E-state index contributed by atoms with van der Waals surface area (Å²) in [5.74, 6) is 1.18. The molecule has 0 amide bonds. The maximum Gasteiger partial charge on any atom is 0.180 e. The zero-order valence-corrected chi connectivity index (χ0v) is 18.4. The van der Waals surface area contributed by atoms with Gasteiger partial charge in [-0.1, -0.05) is 49.2 Å². The number of methoxy groups -OCH3 is 1. The molecule has 2 aromatic carbocycles. The first-order valence-electron chi connectivity index (χ1n) is 9.74. The lowest BCUT2D eigenvalue weighted by atomic mass is 10.2. The van der Waals surface area contributed by atoms with E-state index in [9.17, 15) is 0 Å². The molecule has 0 heterocycles. The first-order valence-corrected chi connectivity index (χ1v) is 10.5. The Labute approximate surface area is 178 Å². The average molecular weight is 425 g/mol. The van der Waals surface area contributed by atoms with Crippen molar-refractivity contribution in [3.8, 4) is 11.5 Å². The molecule has 0 saturated heterocycles. The third kappa shape index (κ3) is 7.17. The van der Waals surface area contributed by atoms with Crippen LogP contribution in [0.25, 0.3) is 0 Å². The lowest BCUT2D eigenvalue weighted by Crippen LogP contribution is -2.27. The van der Waals surface area contributed by atoms with Gasteiger partial charge in [-0.05, 0) is 68.0 Å². The summed E-state index contributed by atoms with van der Waals surface area (Å²) in [4.78, 5) is 2.42. The van der Waals surface area contributed by atoms with E-state index in [2.05, 4.69) is 24.1 Å². The van der Waals surface area contributed by atoms with Crippen molar-refractivity contribution in [3.05, 3.63) is 57.6 Å². The van der Waals surface area contributed by atoms with E-state index in [0.29, 0.717) is 28.2 Å². The van der Waals surface area contributed by atoms with Gasteiger partial charge in [0.1, 0.15) is 6.61 Å². The summed E-state index contributed by atoms with van der Waals surface area (Å²) >= 11 is 12.5. The van der Waals surface area contributed by atoms with Crippen molar-refractivity contribution >= 4 is 23.2 Å². The van der Waals surface area contributed by atoms with Gasteiger partial charge >= 0.3 is 0 Å². The van der Waals surface area contributed by atoms with E-state index in [4.69, 9.17) is 32.7 Å². The fraction of sp³-hybridized carbons (Fsp3) is 0.455. The highest BCUT2D eigenvalue weighted by Gasteiger charge is 2.12. The molecule has 0 atom stereocenters. The van der Waals surface area contributed by atoms with E-state index in [1.165, 1.54) is 0 Å². The molecule has 0 unspecified atom stereocenters. The standard InChI is InChI=1S/C22H30Cl2N2O2/c1-4-26(5-2)11-7-10-25-15-18-13-20(24)22(21(14-18)27-3)28-16-17-8-6-9-19(23)12-17/h6,8-9,12-14,25H,4-5,7,10-11,15-16H2,1-3H3. The minimum Gasteiger partial charge on any atom is -0.493 e. The largest absolute Gasteiger partial charge is 0.493 e. The van der Waals surface area contributed by atoms with Crippen LogP contribution in [-0.2, 0) is 13.2 Å². The molecule has 6 heteroatoms. The Hall–Kier alpha value is -1.46. The zero-order valence-electron chi connectivity index (χ0n) is 16.9. The fourth-order valence-corrected chi connectivity index (χ4v) is 3.50. The molecule has 0 fully saturated rings. The van der Waals surface area contributed by atoms with Crippen molar-refractivity contribution in [1.82, 2.24) is 10.2 Å². The Morgan fingerprint density at radius 2 is 1.82 bits per heavy atom. The molecule has 0 bridgehead atoms. The molecule has 0 saturated carbocycles. The Morgan fingerprint density at radius 3 is 2.50 bits per heavy atom. The number of rotatable bonds is 12. The highest BCUT2D eigenvalue weighted by atomic mass is 35.5. The van der Waals surface area contributed by atoms with E-state index in [1.54, 1.807) is 7.11 Å². The van der Waals surface area contributed by atoms with Crippen molar-refractivity contribution in [1.29, 1.82) is 0 Å². The van der Waals surface area contributed by atoms with Crippen LogP contribution in [0.5, 0.6) is 11.5 Å². The number of hydrogen-bond donors (Lipinski definition) is 1. The average Bonchev–Trinajstić information content (AvgIpc) is 2.69. The van der Waals surface area contributed by atoms with Gasteiger partial charge in [0.05, 0.1) is 12.1 Å². The van der Waals surface area contributed by atoms with Crippen molar-refractivity contribution in [2.24, 2.45) is 0 Å². The third-order valence-corrected chi connectivity index (χ3v) is 5.13. The van der Waals surface area contributed by atoms with E-state index in [-0.39, 0.29) is 0 Å². The number of halogens is 2. The van der Waals surface area contributed by atoms with Crippen LogP contribution in [0.1, 0.15) is 31.4 Å². The van der Waals surface area contributed by atoms with Gasteiger partial charge in [0, 0.05) is 11.6 Å². The lowest BCUT2D eigenvalue weighted by molar-refractivity contribution is 0.284. The van der Waals surface area contributed by atoms with Crippen LogP contribution in [-0.4, -0.2) is 38.2 Å². The smallest absolute Gasteiger partial charge is 0.180 e. The molecule has 2 aromatic rings. The Bertz CT molecular complexity index is 736. The van der Waals surface area contributed by atoms with Gasteiger partial charge in [-0.2, -0.15) is 0 Å². The molecule has 4 nitrogen and oxygen atoms in total. The maximum absolute atomic E-state index is 6.46. The normalized spacial score (nSPS) is 11.1. The van der Waals surface area contributed by atoms with Crippen molar-refractivity contribution in [2.45, 2.75) is 33.4 Å². The van der Waals surface area contributed by atoms with Gasteiger partial charge in [-0.15, -0.1) is 0 Å². The molecular weight excluding hydrogens is 395 g/mol. The second kappa shape index (κ2) is 12.2. The number of benzene rings is 2. The quantitative estimate of drug-likeness (QED) is 0.462. The summed E-state index contributed by atoms with van der Waals surface area (Å²) in [6.45, 7) is 9.77.